The average Bonchev–Trinajstić information content (AvgIpc) is 3.44. The van der Waals surface area contributed by atoms with Gasteiger partial charge in [0.25, 0.3) is 0 Å². The van der Waals surface area contributed by atoms with E-state index >= 15 is 0 Å². The summed E-state index contributed by atoms with van der Waals surface area (Å²) in [6.45, 7) is 0. The molecule has 0 aliphatic carbocycles. The maximum absolute atomic E-state index is 13.1. The van der Waals surface area contributed by atoms with Gasteiger partial charge in [0.1, 0.15) is 23.2 Å². The number of carbonyl (C=O) groups excluding carboxylic acids is 1. The molecule has 0 saturated heterocycles. The lowest BCUT2D eigenvalue weighted by molar-refractivity contribution is -0.141. The summed E-state index contributed by atoms with van der Waals surface area (Å²) < 4.78 is 19.4. The zero-order chi connectivity index (χ0) is 31.9. The first-order chi connectivity index (χ1) is 22.4. The Kier molecular flexibility index (Phi) is 9.60. The van der Waals surface area contributed by atoms with E-state index in [4.69, 9.17) is 4.42 Å². The van der Waals surface area contributed by atoms with Crippen LogP contribution in [0.5, 0.6) is 0 Å². The highest BCUT2D eigenvalue weighted by molar-refractivity contribution is 7.98. The Morgan fingerprint density at radius 2 is 1.33 bits per heavy atom. The summed E-state index contributed by atoms with van der Waals surface area (Å²) in [6, 6.07) is 39.8. The lowest BCUT2D eigenvalue weighted by Crippen LogP contribution is -2.43. The van der Waals surface area contributed by atoms with E-state index in [1.807, 2.05) is 48.5 Å². The molecule has 5 nitrogen and oxygen atoms in total. The molecule has 6 rings (SSSR count). The minimum absolute atomic E-state index is 0.00924. The molecule has 0 radical (unpaired) electrons. The first-order valence-corrected chi connectivity index (χ1v) is 16.2. The van der Waals surface area contributed by atoms with Crippen molar-refractivity contribution < 1.29 is 23.5 Å². The maximum atomic E-state index is 13.1. The van der Waals surface area contributed by atoms with Gasteiger partial charge in [-0.25, -0.2) is 9.18 Å². The van der Waals surface area contributed by atoms with Crippen LogP contribution in [0.25, 0.3) is 33.2 Å². The normalized spacial score (nSPS) is 11.8. The van der Waals surface area contributed by atoms with E-state index < -0.39 is 17.9 Å². The molecule has 5 aromatic carbocycles. The third kappa shape index (κ3) is 7.56. The summed E-state index contributed by atoms with van der Waals surface area (Å²) >= 11 is 1.44. The van der Waals surface area contributed by atoms with Gasteiger partial charge in [0.2, 0.25) is 5.91 Å². The topological polar surface area (TPSA) is 79.5 Å². The molecule has 1 atom stereocenters. The number of carbonyl (C=O) groups is 2. The highest BCUT2D eigenvalue weighted by Gasteiger charge is 2.20. The second-order valence-electron chi connectivity index (χ2n) is 11.1. The van der Waals surface area contributed by atoms with Gasteiger partial charge in [0, 0.05) is 28.9 Å². The number of amides is 1. The lowest BCUT2D eigenvalue weighted by atomic mass is 9.96. The predicted octanol–water partition coefficient (Wildman–Crippen LogP) is 8.54. The van der Waals surface area contributed by atoms with Gasteiger partial charge in [-0.2, -0.15) is 11.8 Å². The molecule has 0 fully saturated rings. The van der Waals surface area contributed by atoms with E-state index in [1.165, 1.54) is 41.6 Å². The Morgan fingerprint density at radius 1 is 0.717 bits per heavy atom. The fraction of sp³-hybridized carbons (Fsp3) is 0.128. The highest BCUT2D eigenvalue weighted by atomic mass is 32.2. The Morgan fingerprint density at radius 3 is 2.02 bits per heavy atom. The number of furan rings is 1. The van der Waals surface area contributed by atoms with Crippen molar-refractivity contribution in [1.82, 2.24) is 5.32 Å². The molecule has 1 amide bonds. The molecule has 2 N–H and O–H groups in total. The van der Waals surface area contributed by atoms with Gasteiger partial charge in [-0.1, -0.05) is 109 Å². The molecule has 0 bridgehead atoms. The average molecular weight is 630 g/mol. The van der Waals surface area contributed by atoms with Crippen LogP contribution in [-0.4, -0.2) is 28.8 Å². The van der Waals surface area contributed by atoms with E-state index in [2.05, 4.69) is 59.9 Å². The number of carboxylic acids is 1. The van der Waals surface area contributed by atoms with Crippen molar-refractivity contribution in [1.29, 1.82) is 0 Å². The Labute approximate surface area is 271 Å². The van der Waals surface area contributed by atoms with Crippen molar-refractivity contribution in [3.63, 3.8) is 0 Å². The largest absolute Gasteiger partial charge is 0.480 e. The third-order valence-electron chi connectivity index (χ3n) is 7.80. The van der Waals surface area contributed by atoms with Crippen molar-refractivity contribution in [2.24, 2.45) is 0 Å². The van der Waals surface area contributed by atoms with E-state index in [9.17, 15) is 19.1 Å². The number of hydrogen-bond donors (Lipinski definition) is 2. The first kappa shape index (κ1) is 30.9. The molecule has 7 heteroatoms. The van der Waals surface area contributed by atoms with E-state index in [-0.39, 0.29) is 18.0 Å². The maximum Gasteiger partial charge on any atom is 0.327 e. The minimum Gasteiger partial charge on any atom is -0.480 e. The Balaban J connectivity index is 1.08. The molecular formula is C39H32FNO4S. The number of hydrogen-bond acceptors (Lipinski definition) is 4. The number of carboxylic acid groups (broad SMARTS) is 1. The summed E-state index contributed by atoms with van der Waals surface area (Å²) in [4.78, 5) is 24.1. The standard InChI is InChI=1S/C39H32FNO4S/c40-32-20-12-27(13-21-32)23-37(42)41-34(39(43)44)25-46-24-28-10-14-29(15-11-28)30-16-18-31(19-17-30)38-33-8-4-5-9-35(33)45-36(38)22-26-6-2-1-3-7-26/h1-21,34H,22-25H2,(H,41,42)(H,43,44)/t34-/m0/s1. The zero-order valence-corrected chi connectivity index (χ0v) is 25.8. The van der Waals surface area contributed by atoms with Crippen molar-refractivity contribution >= 4 is 34.6 Å². The molecule has 0 saturated carbocycles. The van der Waals surface area contributed by atoms with Gasteiger partial charge < -0.3 is 14.8 Å². The van der Waals surface area contributed by atoms with Crippen LogP contribution in [0.1, 0.15) is 22.5 Å². The van der Waals surface area contributed by atoms with Crippen molar-refractivity contribution in [3.05, 3.63) is 156 Å². The number of aliphatic carboxylic acids is 1. The summed E-state index contributed by atoms with van der Waals surface area (Å²) in [6.07, 6.45) is 0.701. The smallest absolute Gasteiger partial charge is 0.327 e. The highest BCUT2D eigenvalue weighted by Crippen LogP contribution is 2.37. The molecule has 1 aromatic heterocycles. The van der Waals surface area contributed by atoms with Crippen LogP contribution in [-0.2, 0) is 28.2 Å². The van der Waals surface area contributed by atoms with E-state index in [1.54, 1.807) is 0 Å². The molecule has 46 heavy (non-hydrogen) atoms. The number of halogens is 1. The zero-order valence-electron chi connectivity index (χ0n) is 25.0. The van der Waals surface area contributed by atoms with Gasteiger partial charge in [-0.3, -0.25) is 4.79 Å². The van der Waals surface area contributed by atoms with Gasteiger partial charge in [-0.15, -0.1) is 0 Å². The molecule has 0 spiro atoms. The minimum atomic E-state index is -1.09. The molecule has 230 valence electrons. The monoisotopic (exact) mass is 629 g/mol. The van der Waals surface area contributed by atoms with Crippen LogP contribution in [0, 0.1) is 5.82 Å². The van der Waals surface area contributed by atoms with Crippen molar-refractivity contribution in [3.8, 4) is 22.3 Å². The predicted molar refractivity (Wildman–Crippen MR) is 182 cm³/mol. The van der Waals surface area contributed by atoms with Gasteiger partial charge in [0.05, 0.1) is 6.42 Å². The van der Waals surface area contributed by atoms with Crippen LogP contribution >= 0.6 is 11.8 Å². The molecular weight excluding hydrogens is 597 g/mol. The van der Waals surface area contributed by atoms with Gasteiger partial charge in [0.15, 0.2) is 0 Å². The number of benzene rings is 5. The van der Waals surface area contributed by atoms with E-state index in [0.29, 0.717) is 17.7 Å². The van der Waals surface area contributed by atoms with Crippen LogP contribution in [0.4, 0.5) is 4.39 Å². The number of nitrogens with one attached hydrogen (secondary N) is 1. The fourth-order valence-electron chi connectivity index (χ4n) is 5.44. The Hall–Kier alpha value is -5.14. The summed E-state index contributed by atoms with van der Waals surface area (Å²) in [7, 11) is 0. The fourth-order valence-corrected chi connectivity index (χ4v) is 6.45. The van der Waals surface area contributed by atoms with Crippen LogP contribution in [0.15, 0.2) is 132 Å². The van der Waals surface area contributed by atoms with E-state index in [0.717, 1.165) is 44.5 Å². The Bertz CT molecular complexity index is 1940. The summed E-state index contributed by atoms with van der Waals surface area (Å²) in [5, 5.41) is 13.3. The number of thioether (sulfide) groups is 1. The van der Waals surface area contributed by atoms with Crippen LogP contribution in [0.3, 0.4) is 0 Å². The summed E-state index contributed by atoms with van der Waals surface area (Å²) in [5.74, 6) is -0.114. The van der Waals surface area contributed by atoms with Gasteiger partial charge >= 0.3 is 5.97 Å². The number of fused-ring (bicyclic) bond motifs is 1. The molecule has 1 heterocycles. The molecule has 0 aliphatic heterocycles. The van der Waals surface area contributed by atoms with Crippen LogP contribution < -0.4 is 5.32 Å². The van der Waals surface area contributed by atoms with Crippen LogP contribution in [0.2, 0.25) is 0 Å². The van der Waals surface area contributed by atoms with Crippen molar-refractivity contribution in [2.75, 3.05) is 5.75 Å². The third-order valence-corrected chi connectivity index (χ3v) is 8.91. The molecule has 6 aromatic rings. The second kappa shape index (κ2) is 14.3. The van der Waals surface area contributed by atoms with Crippen molar-refractivity contribution in [2.45, 2.75) is 24.6 Å². The van der Waals surface area contributed by atoms with Gasteiger partial charge in [-0.05, 0) is 51.6 Å². The lowest BCUT2D eigenvalue weighted by Gasteiger charge is -2.14. The molecule has 0 aliphatic rings. The summed E-state index contributed by atoms with van der Waals surface area (Å²) in [5.41, 5.74) is 8.14. The number of para-hydroxylation sites is 1. The SMILES string of the molecule is O=C(Cc1ccc(F)cc1)N[C@@H](CSCc1ccc(-c2ccc(-c3c(Cc4ccccc4)oc4ccccc34)cc2)cc1)C(=O)O. The number of rotatable bonds is 12. The molecule has 0 unspecified atom stereocenters. The quantitative estimate of drug-likeness (QED) is 0.142. The second-order valence-corrected chi connectivity index (χ2v) is 12.1. The first-order valence-electron chi connectivity index (χ1n) is 15.0.